The maximum atomic E-state index is 11.8. The van der Waals surface area contributed by atoms with Gasteiger partial charge in [-0.1, -0.05) is 39.7 Å². The highest BCUT2D eigenvalue weighted by Crippen LogP contribution is 2.32. The van der Waals surface area contributed by atoms with Crippen LogP contribution in [0.4, 0.5) is 0 Å². The molecule has 0 saturated carbocycles. The van der Waals surface area contributed by atoms with Gasteiger partial charge in [-0.25, -0.2) is 0 Å². The van der Waals surface area contributed by atoms with Gasteiger partial charge < -0.3 is 9.47 Å². The lowest BCUT2D eigenvalue weighted by molar-refractivity contribution is -0.131. The SMILES string of the molecule is Cc1cc(Br)cc(Br)c1OCC(=O)NNC(=O)COc1ccccc1Cl. The van der Waals surface area contributed by atoms with E-state index >= 15 is 0 Å². The van der Waals surface area contributed by atoms with Gasteiger partial charge in [0.2, 0.25) is 0 Å². The molecular formula is C17H15Br2ClN2O4. The van der Waals surface area contributed by atoms with E-state index in [-0.39, 0.29) is 13.2 Å². The monoisotopic (exact) mass is 504 g/mol. The zero-order chi connectivity index (χ0) is 19.1. The third kappa shape index (κ3) is 6.19. The Labute approximate surface area is 172 Å². The lowest BCUT2D eigenvalue weighted by atomic mass is 10.2. The molecule has 0 aliphatic carbocycles. The van der Waals surface area contributed by atoms with Crippen molar-refractivity contribution in [3.63, 3.8) is 0 Å². The molecule has 0 radical (unpaired) electrons. The number of aryl methyl sites for hydroxylation is 1. The fourth-order valence-corrected chi connectivity index (χ4v) is 3.67. The van der Waals surface area contributed by atoms with Crippen LogP contribution < -0.4 is 20.3 Å². The number of carbonyl (C=O) groups excluding carboxylic acids is 2. The predicted molar refractivity (Wildman–Crippen MR) is 105 cm³/mol. The van der Waals surface area contributed by atoms with Crippen LogP contribution in [0.2, 0.25) is 5.02 Å². The van der Waals surface area contributed by atoms with Gasteiger partial charge in [-0.2, -0.15) is 0 Å². The van der Waals surface area contributed by atoms with Crippen molar-refractivity contribution in [1.82, 2.24) is 10.9 Å². The second-order valence-corrected chi connectivity index (χ2v) is 7.31. The minimum Gasteiger partial charge on any atom is -0.482 e. The lowest BCUT2D eigenvalue weighted by Gasteiger charge is -2.12. The Morgan fingerprint density at radius 3 is 2.27 bits per heavy atom. The van der Waals surface area contributed by atoms with Gasteiger partial charge in [-0.3, -0.25) is 20.4 Å². The molecular weight excluding hydrogens is 491 g/mol. The smallest absolute Gasteiger partial charge is 0.276 e. The molecule has 138 valence electrons. The summed E-state index contributed by atoms with van der Waals surface area (Å²) >= 11 is 12.7. The Kier molecular flexibility index (Phi) is 7.74. The fourth-order valence-electron chi connectivity index (χ4n) is 1.93. The summed E-state index contributed by atoms with van der Waals surface area (Å²) in [5, 5.41) is 0.396. The second kappa shape index (κ2) is 9.80. The third-order valence-electron chi connectivity index (χ3n) is 3.08. The average molecular weight is 507 g/mol. The molecule has 0 saturated heterocycles. The molecule has 2 amide bonds. The molecule has 0 fully saturated rings. The van der Waals surface area contributed by atoms with Gasteiger partial charge in [0.05, 0.1) is 9.50 Å². The Hall–Kier alpha value is -1.77. The first kappa shape index (κ1) is 20.5. The first-order valence-corrected chi connectivity index (χ1v) is 9.36. The Morgan fingerprint density at radius 2 is 1.65 bits per heavy atom. The first-order chi connectivity index (χ1) is 12.4. The molecule has 0 atom stereocenters. The molecule has 0 spiro atoms. The number of para-hydroxylation sites is 1. The Bertz CT molecular complexity index is 794. The van der Waals surface area contributed by atoms with Gasteiger partial charge in [0.1, 0.15) is 11.5 Å². The summed E-state index contributed by atoms with van der Waals surface area (Å²) in [4.78, 5) is 23.5. The van der Waals surface area contributed by atoms with Crippen molar-refractivity contribution >= 4 is 55.3 Å². The molecule has 0 aliphatic heterocycles. The summed E-state index contributed by atoms with van der Waals surface area (Å²) in [5.41, 5.74) is 5.35. The van der Waals surface area contributed by atoms with E-state index in [1.54, 1.807) is 24.3 Å². The van der Waals surface area contributed by atoms with E-state index in [4.69, 9.17) is 21.1 Å². The van der Waals surface area contributed by atoms with E-state index in [2.05, 4.69) is 42.7 Å². The minimum atomic E-state index is -0.528. The van der Waals surface area contributed by atoms with Crippen LogP contribution in [0.3, 0.4) is 0 Å². The normalized spacial score (nSPS) is 10.2. The molecule has 0 heterocycles. The van der Waals surface area contributed by atoms with Gasteiger partial charge in [-0.15, -0.1) is 0 Å². The van der Waals surface area contributed by atoms with Gasteiger partial charge >= 0.3 is 0 Å². The van der Waals surface area contributed by atoms with Crippen LogP contribution in [0, 0.1) is 6.92 Å². The molecule has 0 unspecified atom stereocenters. The number of carbonyl (C=O) groups is 2. The van der Waals surface area contributed by atoms with Crippen molar-refractivity contribution in [2.75, 3.05) is 13.2 Å². The number of rotatable bonds is 6. The fraction of sp³-hybridized carbons (Fsp3) is 0.176. The Balaban J connectivity index is 1.75. The molecule has 0 aliphatic rings. The maximum Gasteiger partial charge on any atom is 0.276 e. The number of hydrogen-bond donors (Lipinski definition) is 2. The zero-order valence-electron chi connectivity index (χ0n) is 13.6. The number of halogens is 3. The highest BCUT2D eigenvalue weighted by Gasteiger charge is 2.11. The molecule has 6 nitrogen and oxygen atoms in total. The molecule has 2 N–H and O–H groups in total. The van der Waals surface area contributed by atoms with E-state index in [9.17, 15) is 9.59 Å². The van der Waals surface area contributed by atoms with Crippen LogP contribution in [0.15, 0.2) is 45.3 Å². The molecule has 0 aromatic heterocycles. The minimum absolute atomic E-state index is 0.257. The van der Waals surface area contributed by atoms with E-state index in [0.717, 1.165) is 10.0 Å². The topological polar surface area (TPSA) is 76.7 Å². The number of hydrogen-bond acceptors (Lipinski definition) is 4. The van der Waals surface area contributed by atoms with Crippen molar-refractivity contribution in [3.05, 3.63) is 55.9 Å². The molecule has 2 aromatic carbocycles. The summed E-state index contributed by atoms with van der Waals surface area (Å²) < 4.78 is 12.4. The third-order valence-corrected chi connectivity index (χ3v) is 4.44. The quantitative estimate of drug-likeness (QED) is 0.585. The van der Waals surface area contributed by atoms with E-state index in [1.807, 2.05) is 19.1 Å². The molecule has 0 bridgehead atoms. The number of hydrazine groups is 1. The van der Waals surface area contributed by atoms with Crippen LogP contribution in [-0.4, -0.2) is 25.0 Å². The second-order valence-electron chi connectivity index (χ2n) is 5.14. The summed E-state index contributed by atoms with van der Waals surface area (Å²) in [5.74, 6) is -0.101. The molecule has 2 aromatic rings. The van der Waals surface area contributed by atoms with Crippen LogP contribution in [0.25, 0.3) is 0 Å². The predicted octanol–water partition coefficient (Wildman–Crippen LogP) is 3.78. The van der Waals surface area contributed by atoms with E-state index in [0.29, 0.717) is 21.0 Å². The van der Waals surface area contributed by atoms with Crippen LogP contribution >= 0.6 is 43.5 Å². The average Bonchev–Trinajstić information content (AvgIpc) is 2.58. The summed E-state index contributed by atoms with van der Waals surface area (Å²) in [6.07, 6.45) is 0. The maximum absolute atomic E-state index is 11.8. The van der Waals surface area contributed by atoms with Gasteiger partial charge in [0.15, 0.2) is 13.2 Å². The molecule has 2 rings (SSSR count). The molecule has 26 heavy (non-hydrogen) atoms. The van der Waals surface area contributed by atoms with Crippen molar-refractivity contribution in [3.8, 4) is 11.5 Å². The van der Waals surface area contributed by atoms with E-state index < -0.39 is 11.8 Å². The van der Waals surface area contributed by atoms with E-state index in [1.165, 1.54) is 0 Å². The largest absolute Gasteiger partial charge is 0.482 e. The summed E-state index contributed by atoms with van der Waals surface area (Å²) in [6, 6.07) is 10.5. The number of nitrogens with one attached hydrogen (secondary N) is 2. The van der Waals surface area contributed by atoms with Crippen LogP contribution in [0.5, 0.6) is 11.5 Å². The van der Waals surface area contributed by atoms with Gasteiger partial charge in [-0.05, 0) is 52.7 Å². The van der Waals surface area contributed by atoms with Crippen molar-refractivity contribution in [2.45, 2.75) is 6.92 Å². The standard InChI is InChI=1S/C17H15Br2ClN2O4/c1-10-6-11(18)7-12(19)17(10)26-9-16(24)22-21-15(23)8-25-14-5-3-2-4-13(14)20/h2-7H,8-9H2,1H3,(H,21,23)(H,22,24). The van der Waals surface area contributed by atoms with Gasteiger partial charge in [0.25, 0.3) is 11.8 Å². The number of ether oxygens (including phenoxy) is 2. The van der Waals surface area contributed by atoms with Crippen LogP contribution in [0.1, 0.15) is 5.56 Å². The van der Waals surface area contributed by atoms with Crippen LogP contribution in [-0.2, 0) is 9.59 Å². The van der Waals surface area contributed by atoms with Crippen molar-refractivity contribution in [2.24, 2.45) is 0 Å². The lowest BCUT2D eigenvalue weighted by Crippen LogP contribution is -2.45. The van der Waals surface area contributed by atoms with Crippen molar-refractivity contribution in [1.29, 1.82) is 0 Å². The highest BCUT2D eigenvalue weighted by atomic mass is 79.9. The highest BCUT2D eigenvalue weighted by molar-refractivity contribution is 9.11. The zero-order valence-corrected chi connectivity index (χ0v) is 17.6. The summed E-state index contributed by atoms with van der Waals surface area (Å²) in [7, 11) is 0. The van der Waals surface area contributed by atoms with Gasteiger partial charge in [0, 0.05) is 4.47 Å². The van der Waals surface area contributed by atoms with Crippen molar-refractivity contribution < 1.29 is 19.1 Å². The molecule has 9 heteroatoms. The Morgan fingerprint density at radius 1 is 1.04 bits per heavy atom. The summed E-state index contributed by atoms with van der Waals surface area (Å²) in [6.45, 7) is 1.31. The number of amides is 2. The number of benzene rings is 2. The first-order valence-electron chi connectivity index (χ1n) is 7.40.